The Bertz CT molecular complexity index is 514. The van der Waals surface area contributed by atoms with E-state index in [0.29, 0.717) is 16.8 Å². The number of aromatic nitrogens is 4. The average Bonchev–Trinajstić information content (AvgIpc) is 2.65. The summed E-state index contributed by atoms with van der Waals surface area (Å²) in [5, 5.41) is 12.3. The molecule has 0 bridgehead atoms. The predicted octanol–water partition coefficient (Wildman–Crippen LogP) is 1.25. The quantitative estimate of drug-likeness (QED) is 0.816. The van der Waals surface area contributed by atoms with Crippen molar-refractivity contribution in [2.75, 3.05) is 5.32 Å². The molecule has 15 heavy (non-hydrogen) atoms. The van der Waals surface area contributed by atoms with Gasteiger partial charge in [0, 0.05) is 23.9 Å². The second kappa shape index (κ2) is 3.98. The van der Waals surface area contributed by atoms with Gasteiger partial charge < -0.3 is 5.32 Å². The monoisotopic (exact) mass is 218 g/mol. The lowest BCUT2D eigenvalue weighted by atomic mass is 10.4. The highest BCUT2D eigenvalue weighted by Crippen LogP contribution is 2.17. The molecule has 0 spiro atoms. The number of hydrogen-bond acceptors (Lipinski definition) is 7. The smallest absolute Gasteiger partial charge is 0.208 e. The molecule has 0 aliphatic heterocycles. The number of hydrogen-bond donors (Lipinski definition) is 1. The average molecular weight is 218 g/mol. The molecule has 2 rings (SSSR count). The van der Waals surface area contributed by atoms with Crippen LogP contribution in [0, 0.1) is 18.3 Å². The first-order valence-electron chi connectivity index (χ1n) is 4.08. The molecular weight excluding hydrogens is 212 g/mol. The normalized spacial score (nSPS) is 9.60. The Morgan fingerprint density at radius 3 is 2.87 bits per heavy atom. The maximum Gasteiger partial charge on any atom is 0.208 e. The van der Waals surface area contributed by atoms with Crippen LogP contribution in [-0.2, 0) is 0 Å². The molecule has 0 atom stereocenters. The molecule has 0 saturated carbocycles. The third kappa shape index (κ3) is 2.05. The fourth-order valence-corrected chi connectivity index (χ4v) is 1.54. The maximum atomic E-state index is 8.78. The van der Waals surface area contributed by atoms with Crippen LogP contribution in [0.15, 0.2) is 12.4 Å². The molecule has 0 unspecified atom stereocenters. The van der Waals surface area contributed by atoms with Crippen LogP contribution in [0.4, 0.5) is 10.9 Å². The molecule has 2 aromatic heterocycles. The highest BCUT2D eigenvalue weighted by atomic mass is 32.1. The number of nitriles is 1. The summed E-state index contributed by atoms with van der Waals surface area (Å²) in [6.07, 6.45) is 2.98. The van der Waals surface area contributed by atoms with Crippen LogP contribution in [-0.4, -0.2) is 19.3 Å². The highest BCUT2D eigenvalue weighted by Gasteiger charge is 2.06. The van der Waals surface area contributed by atoms with Crippen molar-refractivity contribution in [2.45, 2.75) is 6.92 Å². The van der Waals surface area contributed by atoms with E-state index in [-0.39, 0.29) is 5.69 Å². The minimum atomic E-state index is 0.241. The van der Waals surface area contributed by atoms with Crippen molar-refractivity contribution >= 4 is 22.5 Å². The summed E-state index contributed by atoms with van der Waals surface area (Å²) in [5.74, 6) is 1.08. The zero-order valence-corrected chi connectivity index (χ0v) is 8.62. The van der Waals surface area contributed by atoms with Gasteiger partial charge in [-0.05, 0) is 6.92 Å². The van der Waals surface area contributed by atoms with E-state index in [9.17, 15) is 0 Å². The summed E-state index contributed by atoms with van der Waals surface area (Å²) in [5.41, 5.74) is 0.241. The molecule has 6 nitrogen and oxygen atoms in total. The molecule has 0 aromatic carbocycles. The van der Waals surface area contributed by atoms with Gasteiger partial charge in [0.2, 0.25) is 5.13 Å². The summed E-state index contributed by atoms with van der Waals surface area (Å²) in [4.78, 5) is 12.0. The molecule has 2 aromatic rings. The van der Waals surface area contributed by atoms with E-state index in [0.717, 1.165) is 0 Å². The number of nitrogens with zero attached hydrogens (tertiary/aromatic N) is 5. The van der Waals surface area contributed by atoms with E-state index in [2.05, 4.69) is 24.6 Å². The van der Waals surface area contributed by atoms with Crippen LogP contribution in [0.5, 0.6) is 0 Å². The zero-order valence-electron chi connectivity index (χ0n) is 7.80. The van der Waals surface area contributed by atoms with Crippen LogP contribution in [0.1, 0.15) is 11.5 Å². The van der Waals surface area contributed by atoms with E-state index >= 15 is 0 Å². The fourth-order valence-electron chi connectivity index (χ4n) is 0.960. The van der Waals surface area contributed by atoms with Gasteiger partial charge in [-0.15, -0.1) is 0 Å². The van der Waals surface area contributed by atoms with Crippen LogP contribution < -0.4 is 5.32 Å². The van der Waals surface area contributed by atoms with Gasteiger partial charge in [-0.25, -0.2) is 15.0 Å². The van der Waals surface area contributed by atoms with Gasteiger partial charge in [0.15, 0.2) is 11.5 Å². The Labute approximate surface area is 89.8 Å². The summed E-state index contributed by atoms with van der Waals surface area (Å²) in [7, 11) is 0. The van der Waals surface area contributed by atoms with E-state index < -0.39 is 0 Å². The molecule has 0 amide bonds. The molecule has 74 valence electrons. The number of anilines is 2. The van der Waals surface area contributed by atoms with Gasteiger partial charge in [-0.3, -0.25) is 0 Å². The van der Waals surface area contributed by atoms with Gasteiger partial charge >= 0.3 is 0 Å². The van der Waals surface area contributed by atoms with Gasteiger partial charge in [-0.1, -0.05) is 0 Å². The van der Waals surface area contributed by atoms with Crippen LogP contribution in [0.3, 0.4) is 0 Å². The largest absolute Gasteiger partial charge is 0.313 e. The predicted molar refractivity (Wildman–Crippen MR) is 54.7 cm³/mol. The van der Waals surface area contributed by atoms with E-state index in [4.69, 9.17) is 5.26 Å². The Morgan fingerprint density at radius 1 is 1.40 bits per heavy atom. The SMILES string of the molecule is Cc1nsc(Nc2nccnc2C#N)n1. The number of aryl methyl sites for hydroxylation is 1. The zero-order chi connectivity index (χ0) is 10.7. The third-order valence-corrected chi connectivity index (χ3v) is 2.28. The molecule has 7 heteroatoms. The summed E-state index contributed by atoms with van der Waals surface area (Å²) in [6.45, 7) is 1.80. The molecule has 0 aliphatic rings. The minimum absolute atomic E-state index is 0.241. The lowest BCUT2D eigenvalue weighted by Gasteiger charge is -2.00. The summed E-state index contributed by atoms with van der Waals surface area (Å²) < 4.78 is 4.01. The van der Waals surface area contributed by atoms with Crippen molar-refractivity contribution in [3.8, 4) is 6.07 Å². The van der Waals surface area contributed by atoms with Crippen LogP contribution in [0.2, 0.25) is 0 Å². The lowest BCUT2D eigenvalue weighted by molar-refractivity contribution is 1.14. The minimum Gasteiger partial charge on any atom is -0.313 e. The topological polar surface area (TPSA) is 87.4 Å². The van der Waals surface area contributed by atoms with Gasteiger partial charge in [0.25, 0.3) is 0 Å². The van der Waals surface area contributed by atoms with E-state index in [1.165, 1.54) is 23.9 Å². The van der Waals surface area contributed by atoms with Crippen molar-refractivity contribution in [2.24, 2.45) is 0 Å². The molecule has 2 heterocycles. The molecule has 1 N–H and O–H groups in total. The van der Waals surface area contributed by atoms with Crippen molar-refractivity contribution in [3.05, 3.63) is 23.9 Å². The van der Waals surface area contributed by atoms with E-state index in [1.54, 1.807) is 6.92 Å². The second-order valence-electron chi connectivity index (χ2n) is 2.64. The summed E-state index contributed by atoms with van der Waals surface area (Å²) in [6, 6.07) is 1.94. The van der Waals surface area contributed by atoms with Crippen LogP contribution >= 0.6 is 11.5 Å². The van der Waals surface area contributed by atoms with Gasteiger partial charge in [0.05, 0.1) is 0 Å². The molecule has 0 saturated heterocycles. The third-order valence-electron chi connectivity index (χ3n) is 1.56. The van der Waals surface area contributed by atoms with Crippen molar-refractivity contribution in [3.63, 3.8) is 0 Å². The Hall–Kier alpha value is -2.07. The standard InChI is InChI=1S/C8H6N6S/c1-5-12-8(15-14-5)13-7-6(4-9)10-2-3-11-7/h2-3H,1H3,(H,11,12,13,14). The Morgan fingerprint density at radius 2 is 2.20 bits per heavy atom. The molecular formula is C8H6N6S. The number of nitrogens with one attached hydrogen (secondary N) is 1. The summed E-state index contributed by atoms with van der Waals surface area (Å²) >= 11 is 1.21. The maximum absolute atomic E-state index is 8.78. The first-order valence-corrected chi connectivity index (χ1v) is 4.85. The van der Waals surface area contributed by atoms with Crippen molar-refractivity contribution in [1.29, 1.82) is 5.26 Å². The molecule has 0 fully saturated rings. The number of rotatable bonds is 2. The first-order chi connectivity index (χ1) is 7.29. The van der Waals surface area contributed by atoms with Gasteiger partial charge in [-0.2, -0.15) is 9.64 Å². The van der Waals surface area contributed by atoms with Crippen molar-refractivity contribution < 1.29 is 0 Å². The second-order valence-corrected chi connectivity index (χ2v) is 3.39. The molecule has 0 aliphatic carbocycles. The van der Waals surface area contributed by atoms with Crippen molar-refractivity contribution in [1.82, 2.24) is 19.3 Å². The fraction of sp³-hybridized carbons (Fsp3) is 0.125. The Balaban J connectivity index is 2.28. The molecule has 0 radical (unpaired) electrons. The first kappa shape index (κ1) is 9.48. The van der Waals surface area contributed by atoms with Crippen LogP contribution in [0.25, 0.3) is 0 Å². The van der Waals surface area contributed by atoms with E-state index in [1.807, 2.05) is 6.07 Å². The highest BCUT2D eigenvalue weighted by molar-refractivity contribution is 7.09. The lowest BCUT2D eigenvalue weighted by Crippen LogP contribution is -1.98. The van der Waals surface area contributed by atoms with Gasteiger partial charge in [0.1, 0.15) is 11.9 Å². The Kier molecular flexibility index (Phi) is 2.51.